The maximum absolute atomic E-state index is 13.8. The average molecular weight is 548 g/mol. The van der Waals surface area contributed by atoms with Gasteiger partial charge in [0.25, 0.3) is 0 Å². The van der Waals surface area contributed by atoms with Gasteiger partial charge >= 0.3 is 0 Å². The third-order valence-corrected chi connectivity index (χ3v) is 6.28. The second-order valence-corrected chi connectivity index (χ2v) is 9.15. The molecule has 0 radical (unpaired) electrons. The van der Waals surface area contributed by atoms with E-state index in [0.29, 0.717) is 41.5 Å². The molecule has 0 bridgehead atoms. The lowest BCUT2D eigenvalue weighted by atomic mass is 10.1. The summed E-state index contributed by atoms with van der Waals surface area (Å²) in [6, 6.07) is 9.53. The smallest absolute Gasteiger partial charge is 0.242 e. The van der Waals surface area contributed by atoms with Crippen LogP contribution in [0.4, 0.5) is 10.3 Å². The van der Waals surface area contributed by atoms with E-state index in [1.54, 1.807) is 16.6 Å². The minimum absolute atomic E-state index is 0.0621. The van der Waals surface area contributed by atoms with Crippen molar-refractivity contribution in [2.45, 2.75) is 25.3 Å². The van der Waals surface area contributed by atoms with E-state index >= 15 is 0 Å². The van der Waals surface area contributed by atoms with Crippen LogP contribution in [0.15, 0.2) is 45.3 Å². The Bertz CT molecular complexity index is 1320. The summed E-state index contributed by atoms with van der Waals surface area (Å²) in [6.45, 7) is 0.671. The van der Waals surface area contributed by atoms with E-state index in [1.807, 2.05) is 12.1 Å². The molecule has 0 aliphatic carbocycles. The first-order valence-electron chi connectivity index (χ1n) is 9.85. The molecule has 4 aromatic rings. The van der Waals surface area contributed by atoms with Crippen molar-refractivity contribution in [1.29, 1.82) is 0 Å². The fourth-order valence-electron chi connectivity index (χ4n) is 3.71. The number of carbonyl (C=O) groups excluding carboxylic acids is 1. The number of carbonyl (C=O) groups is 1. The Labute approximate surface area is 193 Å². The van der Waals surface area contributed by atoms with E-state index in [4.69, 9.17) is 4.98 Å². The Balaban J connectivity index is 1.72. The fourth-order valence-corrected chi connectivity index (χ4v) is 5.03. The first kappa shape index (κ1) is 20.3. The highest BCUT2D eigenvalue weighted by molar-refractivity contribution is 9.11. The van der Waals surface area contributed by atoms with E-state index in [1.165, 1.54) is 12.1 Å². The number of hydrogen-bond donors (Lipinski definition) is 2. The van der Waals surface area contributed by atoms with Crippen LogP contribution in [0, 0.1) is 5.82 Å². The van der Waals surface area contributed by atoms with Crippen LogP contribution in [0.3, 0.4) is 0 Å². The van der Waals surface area contributed by atoms with Crippen molar-refractivity contribution in [3.05, 3.63) is 51.2 Å². The summed E-state index contributed by atoms with van der Waals surface area (Å²) < 4.78 is 17.0. The second kappa shape index (κ2) is 8.16. The number of nitrogens with zero attached hydrogens (tertiary/aromatic N) is 4. The number of fused-ring (bicyclic) bond motifs is 3. The molecule has 1 aliphatic rings. The monoisotopic (exact) mass is 546 g/mol. The van der Waals surface area contributed by atoms with Crippen molar-refractivity contribution in [3.63, 3.8) is 0 Å². The molecule has 1 fully saturated rings. The van der Waals surface area contributed by atoms with E-state index in [9.17, 15) is 9.18 Å². The van der Waals surface area contributed by atoms with Crippen LogP contribution in [0.25, 0.3) is 27.9 Å². The molecule has 31 heavy (non-hydrogen) atoms. The lowest BCUT2D eigenvalue weighted by Gasteiger charge is -2.17. The van der Waals surface area contributed by atoms with E-state index in [0.717, 1.165) is 27.2 Å². The molecule has 2 aromatic heterocycles. The Morgan fingerprint density at radius 3 is 2.87 bits per heavy atom. The number of rotatable bonds is 3. The molecule has 7 nitrogen and oxygen atoms in total. The lowest BCUT2D eigenvalue weighted by Crippen LogP contribution is -2.38. The molecule has 2 aromatic carbocycles. The number of anilines is 1. The van der Waals surface area contributed by atoms with Crippen molar-refractivity contribution in [1.82, 2.24) is 24.9 Å². The topological polar surface area (TPSA) is 84.2 Å². The fraction of sp³-hybridized carbons (Fsp3) is 0.238. The minimum atomic E-state index is -0.424. The average Bonchev–Trinajstić information content (AvgIpc) is 3.09. The summed E-state index contributed by atoms with van der Waals surface area (Å²) in [5.41, 5.74) is 1.80. The van der Waals surface area contributed by atoms with E-state index < -0.39 is 6.04 Å². The Kier molecular flexibility index (Phi) is 5.35. The van der Waals surface area contributed by atoms with Crippen molar-refractivity contribution in [2.75, 3.05) is 11.9 Å². The van der Waals surface area contributed by atoms with Crippen LogP contribution >= 0.6 is 31.9 Å². The molecular formula is C21H17Br2FN6O. The van der Waals surface area contributed by atoms with E-state index in [2.05, 4.69) is 52.6 Å². The highest BCUT2D eigenvalue weighted by atomic mass is 79.9. The number of hydrogen-bond acceptors (Lipinski definition) is 5. The number of benzene rings is 2. The second-order valence-electron chi connectivity index (χ2n) is 7.38. The van der Waals surface area contributed by atoms with Gasteiger partial charge in [-0.1, -0.05) is 28.1 Å². The van der Waals surface area contributed by atoms with Gasteiger partial charge in [-0.3, -0.25) is 4.79 Å². The molecule has 1 aliphatic heterocycles. The van der Waals surface area contributed by atoms with Gasteiger partial charge in [-0.25, -0.2) is 14.4 Å². The first-order valence-corrected chi connectivity index (χ1v) is 11.4. The van der Waals surface area contributed by atoms with Crippen LogP contribution in [-0.2, 0) is 4.79 Å². The molecule has 1 atom stereocenters. The molecule has 2 N–H and O–H groups in total. The van der Waals surface area contributed by atoms with Crippen molar-refractivity contribution < 1.29 is 9.18 Å². The third-order valence-electron chi connectivity index (χ3n) is 5.22. The highest BCUT2D eigenvalue weighted by Gasteiger charge is 2.24. The zero-order valence-corrected chi connectivity index (χ0v) is 19.4. The van der Waals surface area contributed by atoms with Gasteiger partial charge in [0, 0.05) is 26.4 Å². The Hall–Kier alpha value is -2.59. The molecule has 1 amide bonds. The Morgan fingerprint density at radius 2 is 2.03 bits per heavy atom. The summed E-state index contributed by atoms with van der Waals surface area (Å²) in [5.74, 6) is 0.354. The van der Waals surface area contributed by atoms with Gasteiger partial charge in [-0.15, -0.1) is 5.10 Å². The summed E-state index contributed by atoms with van der Waals surface area (Å²) in [7, 11) is 0. The number of aromatic nitrogens is 4. The van der Waals surface area contributed by atoms with Gasteiger partial charge in [0.15, 0.2) is 11.5 Å². The molecule has 10 heteroatoms. The van der Waals surface area contributed by atoms with Gasteiger partial charge in [0.2, 0.25) is 11.9 Å². The Morgan fingerprint density at radius 1 is 1.16 bits per heavy atom. The summed E-state index contributed by atoms with van der Waals surface area (Å²) >= 11 is 7.08. The third kappa shape index (κ3) is 3.89. The van der Waals surface area contributed by atoms with Crippen molar-refractivity contribution in [3.8, 4) is 11.4 Å². The molecule has 0 saturated carbocycles. The van der Waals surface area contributed by atoms with Crippen LogP contribution < -0.4 is 10.6 Å². The number of nitrogens with one attached hydrogen (secondary N) is 2. The summed E-state index contributed by atoms with van der Waals surface area (Å²) in [5, 5.41) is 11.5. The van der Waals surface area contributed by atoms with Crippen LogP contribution in [0.1, 0.15) is 19.3 Å². The predicted octanol–water partition coefficient (Wildman–Crippen LogP) is 4.69. The zero-order valence-electron chi connectivity index (χ0n) is 16.2. The largest absolute Gasteiger partial charge is 0.354 e. The molecule has 1 saturated heterocycles. The van der Waals surface area contributed by atoms with Gasteiger partial charge in [-0.2, -0.15) is 4.52 Å². The highest BCUT2D eigenvalue weighted by Crippen LogP contribution is 2.32. The maximum Gasteiger partial charge on any atom is 0.242 e. The maximum atomic E-state index is 13.8. The number of halogens is 3. The SMILES string of the molecule is O=C1NCCCC[C@H]1Nc1nc2c(Br)cc(Br)cc2c2nc(-c3cccc(F)c3)nn12. The summed E-state index contributed by atoms with van der Waals surface area (Å²) in [6.07, 6.45) is 2.56. The number of amides is 1. The van der Waals surface area contributed by atoms with E-state index in [-0.39, 0.29) is 11.7 Å². The molecule has 0 unspecified atom stereocenters. The van der Waals surface area contributed by atoms with Crippen LogP contribution in [-0.4, -0.2) is 38.1 Å². The molecule has 0 spiro atoms. The molecule has 5 rings (SSSR count). The van der Waals surface area contributed by atoms with Gasteiger partial charge in [-0.05, 0) is 59.5 Å². The van der Waals surface area contributed by atoms with Gasteiger partial charge < -0.3 is 10.6 Å². The quantitative estimate of drug-likeness (QED) is 0.389. The van der Waals surface area contributed by atoms with Crippen molar-refractivity contribution >= 4 is 60.3 Å². The standard InChI is InChI=1S/C21H17Br2FN6O/c22-12-9-14-17(15(23)10-12)27-21(26-16-6-1-2-7-25-20(16)31)30-19(14)28-18(29-30)11-4-3-5-13(24)8-11/h3-5,8-10,16H,1-2,6-7H2,(H,25,31)(H,26,27)/t16-/m1/s1. The molecular weight excluding hydrogens is 531 g/mol. The predicted molar refractivity (Wildman–Crippen MR) is 123 cm³/mol. The zero-order chi connectivity index (χ0) is 21.5. The van der Waals surface area contributed by atoms with Crippen molar-refractivity contribution in [2.24, 2.45) is 0 Å². The normalized spacial score (nSPS) is 17.0. The van der Waals surface area contributed by atoms with Gasteiger partial charge in [0.05, 0.1) is 5.52 Å². The molecule has 3 heterocycles. The van der Waals surface area contributed by atoms with Crippen LogP contribution in [0.2, 0.25) is 0 Å². The van der Waals surface area contributed by atoms with Crippen LogP contribution in [0.5, 0.6) is 0 Å². The summed E-state index contributed by atoms with van der Waals surface area (Å²) in [4.78, 5) is 21.9. The minimum Gasteiger partial charge on any atom is -0.354 e. The van der Waals surface area contributed by atoms with Gasteiger partial charge in [0.1, 0.15) is 11.9 Å². The first-order chi connectivity index (χ1) is 15.0. The lowest BCUT2D eigenvalue weighted by molar-refractivity contribution is -0.121. The molecule has 158 valence electrons.